The number of aromatic nitrogens is 4. The van der Waals surface area contributed by atoms with Crippen LogP contribution in [0.25, 0.3) is 5.57 Å². The summed E-state index contributed by atoms with van der Waals surface area (Å²) in [7, 11) is 0. The Morgan fingerprint density at radius 2 is 1.97 bits per heavy atom. The summed E-state index contributed by atoms with van der Waals surface area (Å²) in [6.45, 7) is 3.59. The quantitative estimate of drug-likeness (QED) is 0.633. The summed E-state index contributed by atoms with van der Waals surface area (Å²) in [5.74, 6) is -2.68. The predicted molar refractivity (Wildman–Crippen MR) is 103 cm³/mol. The highest BCUT2D eigenvalue weighted by Crippen LogP contribution is 2.37. The Morgan fingerprint density at radius 3 is 2.59 bits per heavy atom. The third kappa shape index (κ3) is 3.47. The lowest BCUT2D eigenvalue weighted by molar-refractivity contribution is -0.149. The fraction of sp³-hybridized carbons (Fsp3) is 0.333. The molecule has 3 rings (SSSR count). The number of nitrogens with zero attached hydrogens (tertiary/aromatic N) is 5. The van der Waals surface area contributed by atoms with Gasteiger partial charge in [0.05, 0.1) is 19.3 Å². The molecular formula is C18H17BrN6O4. The van der Waals surface area contributed by atoms with Gasteiger partial charge in [0.25, 0.3) is 0 Å². The van der Waals surface area contributed by atoms with Crippen molar-refractivity contribution in [1.82, 2.24) is 25.5 Å². The zero-order valence-electron chi connectivity index (χ0n) is 15.6. The molecule has 0 radical (unpaired) electrons. The number of rotatable bonds is 6. The standard InChI is InChI=1S/C18H17BrN6O4/c1-3-28-16(26)13-10-21-18(25-15(13)22-23-24-25,11-5-7-12(19)8-6-11)14(9-20)17(27)29-4-2/h5-8,10,14,21H,3-4H2,1-2H3. The van der Waals surface area contributed by atoms with Crippen molar-refractivity contribution >= 4 is 33.4 Å². The van der Waals surface area contributed by atoms with Gasteiger partial charge in [-0.3, -0.25) is 4.79 Å². The molecule has 0 spiro atoms. The number of hydrogen-bond donors (Lipinski definition) is 1. The van der Waals surface area contributed by atoms with Crippen molar-refractivity contribution in [2.24, 2.45) is 5.92 Å². The second kappa shape index (κ2) is 8.40. The molecule has 2 atom stereocenters. The van der Waals surface area contributed by atoms with Gasteiger partial charge in [0.2, 0.25) is 0 Å². The lowest BCUT2D eigenvalue weighted by atomic mass is 9.85. The third-order valence-corrected chi connectivity index (χ3v) is 4.86. The maximum atomic E-state index is 12.7. The maximum Gasteiger partial charge on any atom is 0.343 e. The third-order valence-electron chi connectivity index (χ3n) is 4.33. The number of carbonyl (C=O) groups excluding carboxylic acids is 2. The van der Waals surface area contributed by atoms with E-state index in [1.165, 1.54) is 10.9 Å². The van der Waals surface area contributed by atoms with Crippen molar-refractivity contribution in [2.75, 3.05) is 13.2 Å². The molecule has 1 aliphatic rings. The lowest BCUT2D eigenvalue weighted by Gasteiger charge is -2.39. The van der Waals surface area contributed by atoms with Gasteiger partial charge < -0.3 is 14.8 Å². The van der Waals surface area contributed by atoms with Crippen LogP contribution < -0.4 is 5.32 Å². The van der Waals surface area contributed by atoms with Gasteiger partial charge in [0.1, 0.15) is 5.57 Å². The van der Waals surface area contributed by atoms with Crippen LogP contribution in [-0.4, -0.2) is 45.4 Å². The van der Waals surface area contributed by atoms with Crippen molar-refractivity contribution in [3.8, 4) is 6.07 Å². The van der Waals surface area contributed by atoms with Crippen molar-refractivity contribution in [2.45, 2.75) is 19.5 Å². The zero-order valence-corrected chi connectivity index (χ0v) is 17.2. The molecule has 0 saturated heterocycles. The molecule has 29 heavy (non-hydrogen) atoms. The fourth-order valence-electron chi connectivity index (χ4n) is 3.08. The average Bonchev–Trinajstić information content (AvgIpc) is 3.20. The minimum absolute atomic E-state index is 0.0645. The molecular weight excluding hydrogens is 444 g/mol. The molecule has 2 aromatic rings. The van der Waals surface area contributed by atoms with Crippen LogP contribution >= 0.6 is 15.9 Å². The molecule has 0 amide bonds. The molecule has 1 N–H and O–H groups in total. The van der Waals surface area contributed by atoms with Gasteiger partial charge in [-0.2, -0.15) is 9.94 Å². The number of esters is 2. The van der Waals surface area contributed by atoms with Gasteiger partial charge in [-0.15, -0.1) is 5.10 Å². The zero-order chi connectivity index (χ0) is 21.0. The van der Waals surface area contributed by atoms with Gasteiger partial charge in [0.15, 0.2) is 17.4 Å². The highest BCUT2D eigenvalue weighted by Gasteiger charge is 2.52. The smallest absolute Gasteiger partial charge is 0.343 e. The number of nitriles is 1. The molecule has 2 unspecified atom stereocenters. The van der Waals surface area contributed by atoms with E-state index >= 15 is 0 Å². The second-order valence-electron chi connectivity index (χ2n) is 5.92. The minimum atomic E-state index is -1.53. The van der Waals surface area contributed by atoms with E-state index in [2.05, 4.69) is 36.8 Å². The summed E-state index contributed by atoms with van der Waals surface area (Å²) in [6.07, 6.45) is 1.36. The Kier molecular flexibility index (Phi) is 5.93. The molecule has 11 heteroatoms. The van der Waals surface area contributed by atoms with E-state index in [1.807, 2.05) is 6.07 Å². The number of carbonyl (C=O) groups is 2. The lowest BCUT2D eigenvalue weighted by Crippen LogP contribution is -2.57. The number of halogens is 1. The highest BCUT2D eigenvalue weighted by atomic mass is 79.9. The Balaban J connectivity index is 2.23. The molecule has 0 saturated carbocycles. The summed E-state index contributed by atoms with van der Waals surface area (Å²) in [5.41, 5.74) is -0.936. The van der Waals surface area contributed by atoms with Crippen LogP contribution in [0.2, 0.25) is 0 Å². The van der Waals surface area contributed by atoms with E-state index in [-0.39, 0.29) is 24.6 Å². The minimum Gasteiger partial charge on any atom is -0.465 e. The van der Waals surface area contributed by atoms with Gasteiger partial charge in [-0.05, 0) is 36.4 Å². The van der Waals surface area contributed by atoms with Crippen molar-refractivity contribution in [3.63, 3.8) is 0 Å². The number of tetrazole rings is 1. The van der Waals surface area contributed by atoms with Crippen molar-refractivity contribution in [3.05, 3.63) is 46.3 Å². The fourth-order valence-corrected chi connectivity index (χ4v) is 3.35. The molecule has 1 aliphatic heterocycles. The van der Waals surface area contributed by atoms with Gasteiger partial charge in [0, 0.05) is 16.2 Å². The van der Waals surface area contributed by atoms with Gasteiger partial charge >= 0.3 is 11.9 Å². The first-order valence-corrected chi connectivity index (χ1v) is 9.55. The summed E-state index contributed by atoms with van der Waals surface area (Å²) >= 11 is 3.37. The number of nitrogens with one attached hydrogen (secondary N) is 1. The number of ether oxygens (including phenoxy) is 2. The van der Waals surface area contributed by atoms with E-state index < -0.39 is 23.5 Å². The molecule has 2 heterocycles. The first-order valence-electron chi connectivity index (χ1n) is 8.76. The summed E-state index contributed by atoms with van der Waals surface area (Å²) in [4.78, 5) is 25.0. The van der Waals surface area contributed by atoms with Crippen LogP contribution in [0.4, 0.5) is 0 Å². The Morgan fingerprint density at radius 1 is 1.28 bits per heavy atom. The number of fused-ring (bicyclic) bond motifs is 1. The van der Waals surface area contributed by atoms with Crippen molar-refractivity contribution in [1.29, 1.82) is 5.26 Å². The monoisotopic (exact) mass is 460 g/mol. The van der Waals surface area contributed by atoms with Gasteiger partial charge in [-0.1, -0.05) is 28.1 Å². The van der Waals surface area contributed by atoms with E-state index in [0.717, 1.165) is 4.47 Å². The topological polar surface area (TPSA) is 132 Å². The normalized spacial score (nSPS) is 18.5. The first kappa shape index (κ1) is 20.5. The predicted octanol–water partition coefficient (Wildman–Crippen LogP) is 1.35. The molecule has 1 aromatic carbocycles. The van der Waals surface area contributed by atoms with Crippen LogP contribution in [0, 0.1) is 17.2 Å². The first-order chi connectivity index (χ1) is 14.0. The Bertz CT molecular complexity index is 997. The summed E-state index contributed by atoms with van der Waals surface area (Å²) < 4.78 is 12.2. The van der Waals surface area contributed by atoms with Gasteiger partial charge in [-0.25, -0.2) is 4.79 Å². The van der Waals surface area contributed by atoms with Crippen LogP contribution in [-0.2, 0) is 24.7 Å². The molecule has 150 valence electrons. The molecule has 1 aromatic heterocycles. The number of benzene rings is 1. The van der Waals surface area contributed by atoms with E-state index in [1.54, 1.807) is 38.1 Å². The summed E-state index contributed by atoms with van der Waals surface area (Å²) in [5, 5.41) is 24.5. The molecule has 0 aliphatic carbocycles. The van der Waals surface area contributed by atoms with Crippen LogP contribution in [0.15, 0.2) is 34.9 Å². The van der Waals surface area contributed by atoms with E-state index in [9.17, 15) is 14.9 Å². The molecule has 10 nitrogen and oxygen atoms in total. The Labute approximate surface area is 174 Å². The van der Waals surface area contributed by atoms with Crippen LogP contribution in [0.1, 0.15) is 25.2 Å². The largest absolute Gasteiger partial charge is 0.465 e. The van der Waals surface area contributed by atoms with Crippen LogP contribution in [0.5, 0.6) is 0 Å². The summed E-state index contributed by atoms with van der Waals surface area (Å²) in [6, 6.07) is 8.95. The second-order valence-corrected chi connectivity index (χ2v) is 6.84. The van der Waals surface area contributed by atoms with Crippen molar-refractivity contribution < 1.29 is 19.1 Å². The number of hydrogen-bond acceptors (Lipinski definition) is 9. The van der Waals surface area contributed by atoms with E-state index in [4.69, 9.17) is 9.47 Å². The molecule has 0 bridgehead atoms. The maximum absolute atomic E-state index is 12.7. The average molecular weight is 461 g/mol. The molecule has 0 fully saturated rings. The SMILES string of the molecule is CCOC(=O)C1=CNC(c2ccc(Br)cc2)(C(C#N)C(=O)OCC)n2nnnc21. The van der Waals surface area contributed by atoms with E-state index in [0.29, 0.717) is 5.56 Å². The Hall–Kier alpha value is -3.26. The van der Waals surface area contributed by atoms with Crippen LogP contribution in [0.3, 0.4) is 0 Å². The highest BCUT2D eigenvalue weighted by molar-refractivity contribution is 9.10.